The van der Waals surface area contributed by atoms with Crippen molar-refractivity contribution in [3.63, 3.8) is 0 Å². The lowest BCUT2D eigenvalue weighted by Crippen LogP contribution is -2.46. The average Bonchev–Trinajstić information content (AvgIpc) is 3.03. The summed E-state index contributed by atoms with van der Waals surface area (Å²) in [5.41, 5.74) is -2.00. The number of pyridine rings is 1. The minimum Gasteiger partial charge on any atom is -0.348 e. The Morgan fingerprint density at radius 1 is 1.23 bits per heavy atom. The van der Waals surface area contributed by atoms with Gasteiger partial charge in [0.05, 0.1) is 5.41 Å². The van der Waals surface area contributed by atoms with Crippen LogP contribution in [-0.2, 0) is 11.0 Å². The van der Waals surface area contributed by atoms with Gasteiger partial charge in [0.15, 0.2) is 0 Å². The Kier molecular flexibility index (Phi) is 5.40. The van der Waals surface area contributed by atoms with E-state index in [-0.39, 0.29) is 17.6 Å². The Morgan fingerprint density at radius 2 is 2.03 bits per heavy atom. The van der Waals surface area contributed by atoms with Gasteiger partial charge in [0.25, 0.3) is 5.91 Å². The van der Waals surface area contributed by atoms with Crippen LogP contribution in [0.2, 0.25) is 0 Å². The highest BCUT2D eigenvalue weighted by Crippen LogP contribution is 2.45. The van der Waals surface area contributed by atoms with Crippen molar-refractivity contribution in [3.05, 3.63) is 47.7 Å². The Bertz CT molecular complexity index is 1010. The smallest absolute Gasteiger partial charge is 0.348 e. The lowest BCUT2D eigenvalue weighted by molar-refractivity contribution is -0.141. The number of aromatic nitrogens is 3. The zero-order valence-corrected chi connectivity index (χ0v) is 16.9. The van der Waals surface area contributed by atoms with Crippen LogP contribution >= 0.6 is 0 Å². The molecule has 31 heavy (non-hydrogen) atoms. The van der Waals surface area contributed by atoms with Crippen LogP contribution < -0.4 is 10.2 Å². The van der Waals surface area contributed by atoms with Gasteiger partial charge in [0.1, 0.15) is 23.0 Å². The Morgan fingerprint density at radius 3 is 2.77 bits per heavy atom. The molecule has 2 atom stereocenters. The maximum Gasteiger partial charge on any atom is 0.433 e. The van der Waals surface area contributed by atoms with E-state index in [1.807, 2.05) is 0 Å². The number of amides is 2. The molecule has 0 aromatic carbocycles. The summed E-state index contributed by atoms with van der Waals surface area (Å²) in [6.45, 7) is 2.29. The van der Waals surface area contributed by atoms with E-state index in [1.54, 1.807) is 24.1 Å². The van der Waals surface area contributed by atoms with Gasteiger partial charge in [-0.15, -0.1) is 0 Å². The van der Waals surface area contributed by atoms with Gasteiger partial charge in [-0.25, -0.2) is 15.0 Å². The van der Waals surface area contributed by atoms with Gasteiger partial charge >= 0.3 is 6.18 Å². The van der Waals surface area contributed by atoms with Gasteiger partial charge in [-0.2, -0.15) is 13.2 Å². The number of rotatable bonds is 3. The standard InChI is InChI=1S/C21H22F3N5O2/c1-13-25-10-7-17(26-13)29-11-9-20(19(29)31)8-3-4-14(12-20)27-18(30)15-5-2-6-16(28-15)21(22,23)24/h2,5-7,10,14H,3-4,8-9,11-12H2,1H3,(H,27,30). The molecule has 7 nitrogen and oxygen atoms in total. The highest BCUT2D eigenvalue weighted by molar-refractivity contribution is 5.99. The number of hydrogen-bond acceptors (Lipinski definition) is 5. The van der Waals surface area contributed by atoms with E-state index in [0.717, 1.165) is 18.6 Å². The van der Waals surface area contributed by atoms with Crippen LogP contribution in [0.15, 0.2) is 30.5 Å². The molecule has 0 radical (unpaired) electrons. The number of alkyl halides is 3. The molecular weight excluding hydrogens is 411 g/mol. The number of carbonyl (C=O) groups is 2. The third-order valence-corrected chi connectivity index (χ3v) is 6.00. The van der Waals surface area contributed by atoms with Crippen LogP contribution in [0, 0.1) is 12.3 Å². The van der Waals surface area contributed by atoms with Crippen molar-refractivity contribution in [2.75, 3.05) is 11.4 Å². The fraction of sp³-hybridized carbons (Fsp3) is 0.476. The third-order valence-electron chi connectivity index (χ3n) is 6.00. The molecule has 2 aromatic heterocycles. The number of aryl methyl sites for hydroxylation is 1. The van der Waals surface area contributed by atoms with Crippen molar-refractivity contribution >= 4 is 17.6 Å². The molecule has 2 amide bonds. The molecule has 3 heterocycles. The fourth-order valence-corrected chi connectivity index (χ4v) is 4.52. The largest absolute Gasteiger partial charge is 0.433 e. The van der Waals surface area contributed by atoms with E-state index in [4.69, 9.17) is 0 Å². The fourth-order valence-electron chi connectivity index (χ4n) is 4.52. The Balaban J connectivity index is 1.47. The molecule has 1 spiro atoms. The second-order valence-corrected chi connectivity index (χ2v) is 8.12. The summed E-state index contributed by atoms with van der Waals surface area (Å²) in [5.74, 6) is 0.450. The molecule has 1 aliphatic carbocycles. The molecule has 2 aliphatic rings. The second kappa shape index (κ2) is 7.90. The predicted molar refractivity (Wildman–Crippen MR) is 105 cm³/mol. The summed E-state index contributed by atoms with van der Waals surface area (Å²) in [6, 6.07) is 4.63. The zero-order valence-electron chi connectivity index (χ0n) is 16.9. The van der Waals surface area contributed by atoms with E-state index in [0.29, 0.717) is 43.9 Å². The Hall–Kier alpha value is -3.04. The summed E-state index contributed by atoms with van der Waals surface area (Å²) in [5, 5.41) is 2.78. The highest BCUT2D eigenvalue weighted by atomic mass is 19.4. The van der Waals surface area contributed by atoms with E-state index in [9.17, 15) is 22.8 Å². The normalized spacial score (nSPS) is 23.9. The number of nitrogens with zero attached hydrogens (tertiary/aromatic N) is 4. The van der Waals surface area contributed by atoms with Crippen molar-refractivity contribution < 1.29 is 22.8 Å². The quantitative estimate of drug-likeness (QED) is 0.803. The summed E-state index contributed by atoms with van der Waals surface area (Å²) < 4.78 is 38.7. The molecule has 1 saturated carbocycles. The molecule has 2 fully saturated rings. The molecule has 1 aliphatic heterocycles. The summed E-state index contributed by atoms with van der Waals surface area (Å²) >= 11 is 0. The summed E-state index contributed by atoms with van der Waals surface area (Å²) in [7, 11) is 0. The van der Waals surface area contributed by atoms with Crippen LogP contribution in [0.3, 0.4) is 0 Å². The maximum atomic E-state index is 13.3. The highest BCUT2D eigenvalue weighted by Gasteiger charge is 2.50. The van der Waals surface area contributed by atoms with Gasteiger partial charge in [-0.1, -0.05) is 12.5 Å². The van der Waals surface area contributed by atoms with Crippen molar-refractivity contribution in [3.8, 4) is 0 Å². The first-order valence-electron chi connectivity index (χ1n) is 10.1. The maximum absolute atomic E-state index is 13.3. The Labute approximate surface area is 177 Å². The van der Waals surface area contributed by atoms with E-state index in [2.05, 4.69) is 20.3 Å². The van der Waals surface area contributed by atoms with Gasteiger partial charge in [-0.3, -0.25) is 14.5 Å². The average molecular weight is 433 g/mol. The number of halogens is 3. The lowest BCUT2D eigenvalue weighted by Gasteiger charge is -2.36. The van der Waals surface area contributed by atoms with Gasteiger partial charge in [-0.05, 0) is 50.8 Å². The van der Waals surface area contributed by atoms with Crippen molar-refractivity contribution in [1.82, 2.24) is 20.3 Å². The van der Waals surface area contributed by atoms with Crippen LogP contribution in [0.4, 0.5) is 19.0 Å². The van der Waals surface area contributed by atoms with Gasteiger partial charge in [0, 0.05) is 18.8 Å². The van der Waals surface area contributed by atoms with Crippen LogP contribution in [0.25, 0.3) is 0 Å². The number of hydrogen-bond donors (Lipinski definition) is 1. The number of anilines is 1. The second-order valence-electron chi connectivity index (χ2n) is 8.12. The lowest BCUT2D eigenvalue weighted by atomic mass is 9.71. The number of carbonyl (C=O) groups excluding carboxylic acids is 2. The van der Waals surface area contributed by atoms with Crippen LogP contribution in [-0.4, -0.2) is 39.4 Å². The van der Waals surface area contributed by atoms with E-state index < -0.39 is 23.2 Å². The predicted octanol–water partition coefficient (Wildman–Crippen LogP) is 3.29. The van der Waals surface area contributed by atoms with Crippen molar-refractivity contribution in [1.29, 1.82) is 0 Å². The van der Waals surface area contributed by atoms with E-state index in [1.165, 1.54) is 6.07 Å². The molecule has 4 rings (SSSR count). The monoisotopic (exact) mass is 433 g/mol. The number of nitrogens with one attached hydrogen (secondary N) is 1. The first-order valence-corrected chi connectivity index (χ1v) is 10.1. The summed E-state index contributed by atoms with van der Waals surface area (Å²) in [6.07, 6.45) is 0.183. The SMILES string of the molecule is Cc1nccc(N2CCC3(CCCC(NC(=O)c4cccc(C(F)(F)F)n4)C3)C2=O)n1. The molecule has 2 unspecified atom stereocenters. The van der Waals surface area contributed by atoms with E-state index >= 15 is 0 Å². The minimum absolute atomic E-state index is 0.0262. The molecular formula is C21H22F3N5O2. The van der Waals surface area contributed by atoms with Gasteiger partial charge in [0.2, 0.25) is 5.91 Å². The topological polar surface area (TPSA) is 88.1 Å². The van der Waals surface area contributed by atoms with Crippen molar-refractivity contribution in [2.45, 2.75) is 51.2 Å². The van der Waals surface area contributed by atoms with Crippen LogP contribution in [0.5, 0.6) is 0 Å². The zero-order chi connectivity index (χ0) is 22.2. The molecule has 10 heteroatoms. The first kappa shape index (κ1) is 21.2. The molecule has 1 saturated heterocycles. The minimum atomic E-state index is -4.62. The molecule has 164 valence electrons. The molecule has 0 bridgehead atoms. The third kappa shape index (κ3) is 4.24. The van der Waals surface area contributed by atoms with Gasteiger partial charge < -0.3 is 5.32 Å². The van der Waals surface area contributed by atoms with Crippen LogP contribution in [0.1, 0.15) is 54.1 Å². The first-order chi connectivity index (χ1) is 14.7. The molecule has 2 aromatic rings. The van der Waals surface area contributed by atoms with Crippen molar-refractivity contribution in [2.24, 2.45) is 5.41 Å². The summed E-state index contributed by atoms with van der Waals surface area (Å²) in [4.78, 5) is 39.3. The molecule has 1 N–H and O–H groups in total.